The molecule has 0 amide bonds. The highest BCUT2D eigenvalue weighted by molar-refractivity contribution is 7.12. The molecule has 82 valence electrons. The number of hydrogen-bond acceptors (Lipinski definition) is 3. The zero-order valence-corrected chi connectivity index (χ0v) is 9.79. The van der Waals surface area contributed by atoms with Crippen LogP contribution in [-0.4, -0.2) is 5.97 Å². The van der Waals surface area contributed by atoms with E-state index in [-0.39, 0.29) is 5.97 Å². The molecule has 3 heteroatoms. The quantitative estimate of drug-likeness (QED) is 0.758. The number of aryl methyl sites for hydroxylation is 1. The molecule has 0 radical (unpaired) electrons. The van der Waals surface area contributed by atoms with Gasteiger partial charge in [-0.1, -0.05) is 30.3 Å². The Morgan fingerprint density at radius 2 is 2.06 bits per heavy atom. The summed E-state index contributed by atoms with van der Waals surface area (Å²) in [6, 6.07) is 11.5. The molecule has 0 N–H and O–H groups in total. The highest BCUT2D eigenvalue weighted by Crippen LogP contribution is 2.15. The fourth-order valence-electron chi connectivity index (χ4n) is 1.33. The van der Waals surface area contributed by atoms with E-state index in [4.69, 9.17) is 4.74 Å². The Morgan fingerprint density at radius 1 is 1.31 bits per heavy atom. The maximum atomic E-state index is 11.6. The van der Waals surface area contributed by atoms with Crippen molar-refractivity contribution >= 4 is 17.3 Å². The molecule has 0 saturated heterocycles. The van der Waals surface area contributed by atoms with Crippen LogP contribution in [-0.2, 0) is 11.3 Å². The van der Waals surface area contributed by atoms with Crippen LogP contribution in [0.15, 0.2) is 41.8 Å². The van der Waals surface area contributed by atoms with Crippen LogP contribution in [0.1, 0.15) is 20.8 Å². The molecule has 16 heavy (non-hydrogen) atoms. The molecule has 0 aliphatic heterocycles. The van der Waals surface area contributed by atoms with E-state index in [2.05, 4.69) is 0 Å². The lowest BCUT2D eigenvalue weighted by atomic mass is 10.2. The number of carbonyl (C=O) groups is 1. The van der Waals surface area contributed by atoms with Crippen molar-refractivity contribution in [1.29, 1.82) is 0 Å². The van der Waals surface area contributed by atoms with Crippen molar-refractivity contribution in [1.82, 2.24) is 0 Å². The van der Waals surface area contributed by atoms with E-state index < -0.39 is 0 Å². The minimum Gasteiger partial charge on any atom is -0.457 e. The Bertz CT molecular complexity index is 474. The van der Waals surface area contributed by atoms with Gasteiger partial charge in [0.05, 0.1) is 0 Å². The predicted molar refractivity (Wildman–Crippen MR) is 64.6 cm³/mol. The van der Waals surface area contributed by atoms with Gasteiger partial charge in [-0.05, 0) is 29.5 Å². The van der Waals surface area contributed by atoms with E-state index in [9.17, 15) is 4.79 Å². The fourth-order valence-corrected chi connectivity index (χ4v) is 2.12. The molecule has 0 bridgehead atoms. The third kappa shape index (κ3) is 2.70. The number of rotatable bonds is 3. The van der Waals surface area contributed by atoms with E-state index in [1.54, 1.807) is 0 Å². The maximum absolute atomic E-state index is 11.6. The van der Waals surface area contributed by atoms with Crippen molar-refractivity contribution in [2.75, 3.05) is 0 Å². The Hall–Kier alpha value is -1.61. The molecule has 2 nitrogen and oxygen atoms in total. The van der Waals surface area contributed by atoms with Gasteiger partial charge in [0.15, 0.2) is 0 Å². The molecule has 1 aromatic heterocycles. The summed E-state index contributed by atoms with van der Waals surface area (Å²) >= 11 is 1.42. The average molecular weight is 232 g/mol. The number of carbonyl (C=O) groups excluding carboxylic acids is 1. The number of hydrogen-bond donors (Lipinski definition) is 0. The van der Waals surface area contributed by atoms with Crippen LogP contribution in [0.25, 0.3) is 0 Å². The number of thiophene rings is 1. The highest BCUT2D eigenvalue weighted by atomic mass is 32.1. The zero-order chi connectivity index (χ0) is 11.4. The standard InChI is InChI=1S/C13H12O2S/c1-10-7-12(16-9-10)13(14)15-8-11-5-3-2-4-6-11/h2-7,9H,8H2,1H3. The monoisotopic (exact) mass is 232 g/mol. The summed E-state index contributed by atoms with van der Waals surface area (Å²) in [7, 11) is 0. The van der Waals surface area contributed by atoms with Crippen LogP contribution in [0, 0.1) is 6.92 Å². The number of esters is 1. The second-order valence-corrected chi connectivity index (χ2v) is 4.46. The Kier molecular flexibility index (Phi) is 3.37. The van der Waals surface area contributed by atoms with Gasteiger partial charge in [-0.25, -0.2) is 4.79 Å². The van der Waals surface area contributed by atoms with Gasteiger partial charge in [0.25, 0.3) is 0 Å². The third-order valence-corrected chi connectivity index (χ3v) is 3.17. The van der Waals surface area contributed by atoms with E-state index in [0.717, 1.165) is 11.1 Å². The lowest BCUT2D eigenvalue weighted by Crippen LogP contribution is -2.02. The topological polar surface area (TPSA) is 26.3 Å². The van der Waals surface area contributed by atoms with Crippen molar-refractivity contribution < 1.29 is 9.53 Å². The van der Waals surface area contributed by atoms with Gasteiger partial charge in [0.2, 0.25) is 0 Å². The largest absolute Gasteiger partial charge is 0.457 e. The summed E-state index contributed by atoms with van der Waals surface area (Å²) in [6.45, 7) is 2.29. The van der Waals surface area contributed by atoms with Gasteiger partial charge in [-0.15, -0.1) is 11.3 Å². The first-order valence-corrected chi connectivity index (χ1v) is 5.90. The number of benzene rings is 1. The molecule has 0 fully saturated rings. The van der Waals surface area contributed by atoms with E-state index >= 15 is 0 Å². The molecule has 0 saturated carbocycles. The molecule has 0 aliphatic rings. The Labute approximate surface area is 98.5 Å². The van der Waals surface area contributed by atoms with E-state index in [1.807, 2.05) is 48.7 Å². The van der Waals surface area contributed by atoms with Crippen molar-refractivity contribution in [2.24, 2.45) is 0 Å². The smallest absolute Gasteiger partial charge is 0.348 e. The summed E-state index contributed by atoms with van der Waals surface area (Å²) in [6.07, 6.45) is 0. The van der Waals surface area contributed by atoms with Crippen LogP contribution in [0.2, 0.25) is 0 Å². The molecular formula is C13H12O2S. The molecular weight excluding hydrogens is 220 g/mol. The summed E-state index contributed by atoms with van der Waals surface area (Å²) < 4.78 is 5.20. The van der Waals surface area contributed by atoms with Crippen molar-refractivity contribution in [3.05, 3.63) is 57.8 Å². The van der Waals surface area contributed by atoms with Gasteiger partial charge < -0.3 is 4.74 Å². The van der Waals surface area contributed by atoms with Crippen LogP contribution >= 0.6 is 11.3 Å². The lowest BCUT2D eigenvalue weighted by molar-refractivity contribution is 0.0478. The summed E-state index contributed by atoms with van der Waals surface area (Å²) in [5, 5.41) is 1.94. The minimum atomic E-state index is -0.248. The second-order valence-electron chi connectivity index (χ2n) is 3.55. The van der Waals surface area contributed by atoms with Gasteiger partial charge >= 0.3 is 5.97 Å². The summed E-state index contributed by atoms with van der Waals surface area (Å²) in [4.78, 5) is 12.3. The zero-order valence-electron chi connectivity index (χ0n) is 8.97. The maximum Gasteiger partial charge on any atom is 0.348 e. The molecule has 2 aromatic rings. The van der Waals surface area contributed by atoms with Gasteiger partial charge in [-0.3, -0.25) is 0 Å². The molecule has 2 rings (SSSR count). The normalized spacial score (nSPS) is 10.1. The SMILES string of the molecule is Cc1csc(C(=O)OCc2ccccc2)c1. The molecule has 0 aliphatic carbocycles. The van der Waals surface area contributed by atoms with Gasteiger partial charge in [-0.2, -0.15) is 0 Å². The molecule has 0 unspecified atom stereocenters. The Balaban J connectivity index is 1.94. The lowest BCUT2D eigenvalue weighted by Gasteiger charge is -2.02. The molecule has 1 heterocycles. The van der Waals surface area contributed by atoms with Crippen molar-refractivity contribution in [2.45, 2.75) is 13.5 Å². The van der Waals surface area contributed by atoms with Crippen LogP contribution < -0.4 is 0 Å². The van der Waals surface area contributed by atoms with Crippen LogP contribution in [0.4, 0.5) is 0 Å². The van der Waals surface area contributed by atoms with E-state index in [1.165, 1.54) is 11.3 Å². The van der Waals surface area contributed by atoms with Crippen LogP contribution in [0.3, 0.4) is 0 Å². The highest BCUT2D eigenvalue weighted by Gasteiger charge is 2.09. The van der Waals surface area contributed by atoms with E-state index in [0.29, 0.717) is 11.5 Å². The van der Waals surface area contributed by atoms with Crippen LogP contribution in [0.5, 0.6) is 0 Å². The predicted octanol–water partition coefficient (Wildman–Crippen LogP) is 3.41. The third-order valence-electron chi connectivity index (χ3n) is 2.14. The first-order valence-electron chi connectivity index (χ1n) is 5.02. The first-order chi connectivity index (χ1) is 7.75. The van der Waals surface area contributed by atoms with Gasteiger partial charge in [0.1, 0.15) is 11.5 Å². The van der Waals surface area contributed by atoms with Crippen molar-refractivity contribution in [3.8, 4) is 0 Å². The second kappa shape index (κ2) is 4.94. The minimum absolute atomic E-state index is 0.248. The molecule has 0 atom stereocenters. The van der Waals surface area contributed by atoms with Gasteiger partial charge in [0, 0.05) is 0 Å². The summed E-state index contributed by atoms with van der Waals surface area (Å²) in [5.41, 5.74) is 2.10. The summed E-state index contributed by atoms with van der Waals surface area (Å²) in [5.74, 6) is -0.248. The Morgan fingerprint density at radius 3 is 2.69 bits per heavy atom. The average Bonchev–Trinajstić information content (AvgIpc) is 2.74. The van der Waals surface area contributed by atoms with Crippen molar-refractivity contribution in [3.63, 3.8) is 0 Å². The molecule has 1 aromatic carbocycles. The fraction of sp³-hybridized carbons (Fsp3) is 0.154. The number of ether oxygens (including phenoxy) is 1. The molecule has 0 spiro atoms. The first kappa shape index (κ1) is 10.9.